The predicted molar refractivity (Wildman–Crippen MR) is 55.7 cm³/mol. The number of rotatable bonds is 4. The molecule has 0 bridgehead atoms. The molecule has 1 rings (SSSR count). The third kappa shape index (κ3) is 2.96. The second-order valence-electron chi connectivity index (χ2n) is 4.37. The van der Waals surface area contributed by atoms with Crippen LogP contribution in [0.25, 0.3) is 0 Å². The third-order valence-corrected chi connectivity index (χ3v) is 3.34. The summed E-state index contributed by atoms with van der Waals surface area (Å²) in [4.78, 5) is 0. The van der Waals surface area contributed by atoms with Gasteiger partial charge < -0.3 is 10.4 Å². The first-order chi connectivity index (χ1) is 6.19. The van der Waals surface area contributed by atoms with E-state index in [2.05, 4.69) is 19.2 Å². The lowest BCUT2D eigenvalue weighted by Crippen LogP contribution is -2.43. The van der Waals surface area contributed by atoms with Crippen molar-refractivity contribution in [3.05, 3.63) is 0 Å². The van der Waals surface area contributed by atoms with Crippen molar-refractivity contribution in [1.29, 1.82) is 0 Å². The van der Waals surface area contributed by atoms with Crippen molar-refractivity contribution in [2.75, 3.05) is 13.1 Å². The zero-order valence-electron chi connectivity index (χ0n) is 8.97. The molecular formula is C11H23NO. The Kier molecular flexibility index (Phi) is 4.20. The summed E-state index contributed by atoms with van der Waals surface area (Å²) in [6.45, 7) is 6.22. The molecule has 0 unspecified atom stereocenters. The standard InChI is InChI=1S/C11H23NO/c1-3-12-9-10(2)11(13)7-5-4-6-8-11/h10,12-13H,3-9H2,1-2H3/t10-/m1/s1. The van der Waals surface area contributed by atoms with E-state index in [9.17, 15) is 5.11 Å². The van der Waals surface area contributed by atoms with Crippen LogP contribution in [0.3, 0.4) is 0 Å². The van der Waals surface area contributed by atoms with E-state index < -0.39 is 0 Å². The van der Waals surface area contributed by atoms with Crippen molar-refractivity contribution in [2.45, 2.75) is 51.6 Å². The normalized spacial score (nSPS) is 24.2. The van der Waals surface area contributed by atoms with Gasteiger partial charge in [0.1, 0.15) is 0 Å². The van der Waals surface area contributed by atoms with Crippen LogP contribution in [0.4, 0.5) is 0 Å². The largest absolute Gasteiger partial charge is 0.390 e. The smallest absolute Gasteiger partial charge is 0.0685 e. The molecule has 0 aromatic rings. The summed E-state index contributed by atoms with van der Waals surface area (Å²) >= 11 is 0. The predicted octanol–water partition coefficient (Wildman–Crippen LogP) is 1.93. The van der Waals surface area contributed by atoms with Gasteiger partial charge in [-0.05, 0) is 25.3 Å². The second-order valence-corrected chi connectivity index (χ2v) is 4.37. The van der Waals surface area contributed by atoms with E-state index in [1.165, 1.54) is 19.3 Å². The molecule has 2 nitrogen and oxygen atoms in total. The van der Waals surface area contributed by atoms with Crippen LogP contribution in [0.5, 0.6) is 0 Å². The fourth-order valence-electron chi connectivity index (χ4n) is 2.21. The van der Waals surface area contributed by atoms with E-state index in [0.717, 1.165) is 25.9 Å². The highest BCUT2D eigenvalue weighted by atomic mass is 16.3. The maximum absolute atomic E-state index is 10.3. The Morgan fingerprint density at radius 2 is 1.92 bits per heavy atom. The first kappa shape index (κ1) is 11.0. The lowest BCUT2D eigenvalue weighted by atomic mass is 9.76. The zero-order chi connectivity index (χ0) is 9.73. The minimum absolute atomic E-state index is 0.375. The van der Waals surface area contributed by atoms with Crippen LogP contribution in [-0.4, -0.2) is 23.8 Å². The number of hydrogen-bond donors (Lipinski definition) is 2. The molecule has 1 atom stereocenters. The molecule has 0 radical (unpaired) electrons. The van der Waals surface area contributed by atoms with Crippen LogP contribution < -0.4 is 5.32 Å². The molecule has 0 aromatic heterocycles. The molecule has 78 valence electrons. The Morgan fingerprint density at radius 3 is 2.46 bits per heavy atom. The van der Waals surface area contributed by atoms with Gasteiger partial charge >= 0.3 is 0 Å². The van der Waals surface area contributed by atoms with Gasteiger partial charge in [0.2, 0.25) is 0 Å². The van der Waals surface area contributed by atoms with E-state index >= 15 is 0 Å². The Labute approximate surface area is 81.7 Å². The van der Waals surface area contributed by atoms with Crippen LogP contribution in [0.1, 0.15) is 46.0 Å². The summed E-state index contributed by atoms with van der Waals surface area (Å²) in [5.41, 5.74) is -0.375. The quantitative estimate of drug-likeness (QED) is 0.701. The van der Waals surface area contributed by atoms with Gasteiger partial charge in [-0.1, -0.05) is 33.1 Å². The lowest BCUT2D eigenvalue weighted by molar-refractivity contribution is -0.0422. The Bertz CT molecular complexity index is 141. The van der Waals surface area contributed by atoms with Crippen molar-refractivity contribution in [2.24, 2.45) is 5.92 Å². The van der Waals surface area contributed by atoms with Gasteiger partial charge in [-0.2, -0.15) is 0 Å². The maximum atomic E-state index is 10.3. The van der Waals surface area contributed by atoms with Gasteiger partial charge in [0.05, 0.1) is 5.60 Å². The third-order valence-electron chi connectivity index (χ3n) is 3.34. The molecule has 0 heterocycles. The molecule has 0 aromatic carbocycles. The minimum Gasteiger partial charge on any atom is -0.390 e. The summed E-state index contributed by atoms with van der Waals surface area (Å²) in [6, 6.07) is 0. The van der Waals surface area contributed by atoms with E-state index in [1.807, 2.05) is 0 Å². The molecular weight excluding hydrogens is 162 g/mol. The highest BCUT2D eigenvalue weighted by Crippen LogP contribution is 2.33. The first-order valence-electron chi connectivity index (χ1n) is 5.62. The molecule has 2 heteroatoms. The van der Waals surface area contributed by atoms with Gasteiger partial charge in [-0.25, -0.2) is 0 Å². The van der Waals surface area contributed by atoms with Crippen molar-refractivity contribution in [3.8, 4) is 0 Å². The molecule has 2 N–H and O–H groups in total. The monoisotopic (exact) mass is 185 g/mol. The highest BCUT2D eigenvalue weighted by Gasteiger charge is 2.34. The number of nitrogens with one attached hydrogen (secondary N) is 1. The van der Waals surface area contributed by atoms with E-state index in [-0.39, 0.29) is 5.60 Å². The number of hydrogen-bond acceptors (Lipinski definition) is 2. The van der Waals surface area contributed by atoms with Gasteiger partial charge in [-0.3, -0.25) is 0 Å². The molecule has 0 saturated heterocycles. The van der Waals surface area contributed by atoms with Crippen LogP contribution in [0, 0.1) is 5.92 Å². The Morgan fingerprint density at radius 1 is 1.31 bits per heavy atom. The summed E-state index contributed by atoms with van der Waals surface area (Å²) in [6.07, 6.45) is 5.70. The summed E-state index contributed by atoms with van der Waals surface area (Å²) in [7, 11) is 0. The maximum Gasteiger partial charge on any atom is 0.0685 e. The van der Waals surface area contributed by atoms with Gasteiger partial charge in [0.25, 0.3) is 0 Å². The van der Waals surface area contributed by atoms with E-state index in [0.29, 0.717) is 5.92 Å². The Hall–Kier alpha value is -0.0800. The molecule has 1 fully saturated rings. The minimum atomic E-state index is -0.375. The molecule has 13 heavy (non-hydrogen) atoms. The van der Waals surface area contributed by atoms with Crippen molar-refractivity contribution in [1.82, 2.24) is 5.32 Å². The summed E-state index contributed by atoms with van der Waals surface area (Å²) in [5, 5.41) is 13.6. The second kappa shape index (κ2) is 4.97. The zero-order valence-corrected chi connectivity index (χ0v) is 8.97. The first-order valence-corrected chi connectivity index (χ1v) is 5.62. The molecule has 0 spiro atoms. The highest BCUT2D eigenvalue weighted by molar-refractivity contribution is 4.87. The fourth-order valence-corrected chi connectivity index (χ4v) is 2.21. The van der Waals surface area contributed by atoms with Crippen LogP contribution in [0.2, 0.25) is 0 Å². The van der Waals surface area contributed by atoms with Gasteiger partial charge in [-0.15, -0.1) is 0 Å². The lowest BCUT2D eigenvalue weighted by Gasteiger charge is -2.37. The SMILES string of the molecule is CCNC[C@@H](C)C1(O)CCCCC1. The van der Waals surface area contributed by atoms with Crippen molar-refractivity contribution < 1.29 is 5.11 Å². The van der Waals surface area contributed by atoms with E-state index in [4.69, 9.17) is 0 Å². The number of aliphatic hydroxyl groups is 1. The van der Waals surface area contributed by atoms with Gasteiger partial charge in [0, 0.05) is 6.54 Å². The average Bonchev–Trinajstić information content (AvgIpc) is 2.15. The van der Waals surface area contributed by atoms with Crippen LogP contribution in [0.15, 0.2) is 0 Å². The topological polar surface area (TPSA) is 32.3 Å². The molecule has 0 aliphatic heterocycles. The van der Waals surface area contributed by atoms with Crippen LogP contribution >= 0.6 is 0 Å². The summed E-state index contributed by atoms with van der Waals surface area (Å²) < 4.78 is 0. The molecule has 0 amide bonds. The van der Waals surface area contributed by atoms with Crippen LogP contribution in [-0.2, 0) is 0 Å². The van der Waals surface area contributed by atoms with Crippen molar-refractivity contribution in [3.63, 3.8) is 0 Å². The van der Waals surface area contributed by atoms with E-state index in [1.54, 1.807) is 0 Å². The Balaban J connectivity index is 2.37. The molecule has 1 aliphatic carbocycles. The van der Waals surface area contributed by atoms with Gasteiger partial charge in [0.15, 0.2) is 0 Å². The fraction of sp³-hybridized carbons (Fsp3) is 1.00. The molecule has 1 saturated carbocycles. The molecule has 1 aliphatic rings. The summed E-state index contributed by atoms with van der Waals surface area (Å²) in [5.74, 6) is 0.396. The average molecular weight is 185 g/mol. The van der Waals surface area contributed by atoms with Crippen molar-refractivity contribution >= 4 is 0 Å².